The van der Waals surface area contributed by atoms with Gasteiger partial charge < -0.3 is 20.5 Å². The molecule has 2 heterocycles. The predicted molar refractivity (Wildman–Crippen MR) is 96.4 cm³/mol. The number of aromatic nitrogens is 4. The summed E-state index contributed by atoms with van der Waals surface area (Å²) in [6, 6.07) is 7.47. The third-order valence-corrected chi connectivity index (χ3v) is 3.97. The lowest BCUT2D eigenvalue weighted by Crippen LogP contribution is -2.05. The molecule has 0 aliphatic rings. The van der Waals surface area contributed by atoms with Gasteiger partial charge >= 0.3 is 6.01 Å². The van der Waals surface area contributed by atoms with E-state index in [1.54, 1.807) is 6.07 Å². The van der Waals surface area contributed by atoms with Crippen LogP contribution in [-0.4, -0.2) is 28.0 Å². The highest BCUT2D eigenvalue weighted by atomic mass is 19.1. The van der Waals surface area contributed by atoms with Crippen molar-refractivity contribution in [3.05, 3.63) is 42.0 Å². The molecule has 0 spiro atoms. The van der Waals surface area contributed by atoms with Crippen molar-refractivity contribution >= 4 is 41.7 Å². The maximum atomic E-state index is 15.1. The summed E-state index contributed by atoms with van der Waals surface area (Å²) in [6.45, 7) is 1.95. The van der Waals surface area contributed by atoms with Crippen molar-refractivity contribution in [2.24, 2.45) is 0 Å². The van der Waals surface area contributed by atoms with Gasteiger partial charge in [-0.2, -0.15) is 0 Å². The Kier molecular flexibility index (Phi) is 3.42. The molecule has 0 atom stereocenters. The van der Waals surface area contributed by atoms with Gasteiger partial charge in [0.25, 0.3) is 5.89 Å². The number of aromatic amines is 1. The van der Waals surface area contributed by atoms with Crippen molar-refractivity contribution in [2.75, 3.05) is 11.1 Å². The number of nitrogens with zero attached hydrogens (tertiary/aromatic N) is 3. The molecule has 0 radical (unpaired) electrons. The summed E-state index contributed by atoms with van der Waals surface area (Å²) in [5, 5.41) is 10.7. The number of hydrogen-bond donors (Lipinski definition) is 3. The lowest BCUT2D eigenvalue weighted by atomic mass is 9.94. The van der Waals surface area contributed by atoms with Crippen LogP contribution in [0.25, 0.3) is 22.5 Å². The topological polar surface area (TPSA) is 106 Å². The first-order valence-corrected chi connectivity index (χ1v) is 7.62. The molecule has 0 unspecified atom stereocenters. The number of nitrogens with one attached hydrogen (secondary N) is 2. The summed E-state index contributed by atoms with van der Waals surface area (Å²) < 4.78 is 20.4. The van der Waals surface area contributed by atoms with Gasteiger partial charge in [-0.3, -0.25) is 0 Å². The molecular formula is C16H14BFN6O. The van der Waals surface area contributed by atoms with E-state index in [0.717, 1.165) is 16.7 Å². The number of nitrogens with two attached hydrogens (primary N) is 1. The Morgan fingerprint density at radius 1 is 1.28 bits per heavy atom. The SMILES string of the molecule is Bc1ccc(Nc2c(-c3nnc(N)o3)cc3[nH]cnc3c2F)c(C)c1. The van der Waals surface area contributed by atoms with E-state index < -0.39 is 5.82 Å². The van der Waals surface area contributed by atoms with Gasteiger partial charge in [0.05, 0.1) is 23.1 Å². The number of nitrogen functional groups attached to an aromatic ring is 1. The minimum atomic E-state index is -0.509. The molecule has 0 bridgehead atoms. The molecule has 0 saturated carbocycles. The number of halogens is 1. The molecule has 124 valence electrons. The van der Waals surface area contributed by atoms with Crippen molar-refractivity contribution in [3.8, 4) is 11.5 Å². The molecule has 25 heavy (non-hydrogen) atoms. The Morgan fingerprint density at radius 3 is 2.84 bits per heavy atom. The Hall–Kier alpha value is -3.36. The molecular weight excluding hydrogens is 322 g/mol. The smallest absolute Gasteiger partial charge is 0.313 e. The fourth-order valence-corrected chi connectivity index (χ4v) is 2.77. The summed E-state index contributed by atoms with van der Waals surface area (Å²) in [4.78, 5) is 6.92. The van der Waals surface area contributed by atoms with E-state index in [1.807, 2.05) is 33.0 Å². The largest absolute Gasteiger partial charge is 0.403 e. The fourth-order valence-electron chi connectivity index (χ4n) is 2.77. The van der Waals surface area contributed by atoms with E-state index in [4.69, 9.17) is 10.2 Å². The van der Waals surface area contributed by atoms with E-state index in [2.05, 4.69) is 25.5 Å². The molecule has 0 aliphatic carbocycles. The molecule has 7 nitrogen and oxygen atoms in total. The predicted octanol–water partition coefficient (Wildman–Crippen LogP) is 1.64. The van der Waals surface area contributed by atoms with Crippen LogP contribution in [0.15, 0.2) is 35.0 Å². The Bertz CT molecular complexity index is 1090. The van der Waals surface area contributed by atoms with Gasteiger partial charge in [-0.15, -0.1) is 5.10 Å². The average Bonchev–Trinajstić information content (AvgIpc) is 3.20. The second-order valence-electron chi connectivity index (χ2n) is 5.80. The number of imidazole rings is 1. The third kappa shape index (κ3) is 2.59. The zero-order chi connectivity index (χ0) is 17.6. The fraction of sp³-hybridized carbons (Fsp3) is 0.0625. The zero-order valence-corrected chi connectivity index (χ0v) is 13.6. The van der Waals surface area contributed by atoms with Crippen molar-refractivity contribution < 1.29 is 8.81 Å². The number of benzene rings is 2. The van der Waals surface area contributed by atoms with Crippen molar-refractivity contribution in [2.45, 2.75) is 6.92 Å². The van der Waals surface area contributed by atoms with Crippen LogP contribution in [-0.2, 0) is 0 Å². The monoisotopic (exact) mass is 336 g/mol. The third-order valence-electron chi connectivity index (χ3n) is 3.97. The van der Waals surface area contributed by atoms with Crippen LogP contribution in [0.4, 0.5) is 21.8 Å². The van der Waals surface area contributed by atoms with E-state index in [1.165, 1.54) is 6.33 Å². The average molecular weight is 336 g/mol. The molecule has 2 aromatic heterocycles. The van der Waals surface area contributed by atoms with Crippen molar-refractivity contribution in [1.29, 1.82) is 0 Å². The second kappa shape index (κ2) is 5.62. The first kappa shape index (κ1) is 15.2. The van der Waals surface area contributed by atoms with Crippen LogP contribution in [0.2, 0.25) is 0 Å². The molecule has 0 aliphatic heterocycles. The maximum absolute atomic E-state index is 15.1. The van der Waals surface area contributed by atoms with E-state index in [-0.39, 0.29) is 23.1 Å². The first-order valence-electron chi connectivity index (χ1n) is 7.62. The second-order valence-corrected chi connectivity index (χ2v) is 5.80. The van der Waals surface area contributed by atoms with E-state index in [9.17, 15) is 0 Å². The van der Waals surface area contributed by atoms with E-state index in [0.29, 0.717) is 11.1 Å². The van der Waals surface area contributed by atoms with Gasteiger partial charge in [-0.25, -0.2) is 9.37 Å². The number of aryl methyl sites for hydroxylation is 1. The number of rotatable bonds is 3. The summed E-state index contributed by atoms with van der Waals surface area (Å²) in [5.41, 5.74) is 9.75. The lowest BCUT2D eigenvalue weighted by molar-refractivity contribution is 0.589. The minimum absolute atomic E-state index is 0.0856. The van der Waals surface area contributed by atoms with Crippen LogP contribution in [0.5, 0.6) is 0 Å². The zero-order valence-electron chi connectivity index (χ0n) is 13.6. The van der Waals surface area contributed by atoms with Crippen LogP contribution < -0.4 is 16.5 Å². The quantitative estimate of drug-likeness (QED) is 0.491. The highest BCUT2D eigenvalue weighted by molar-refractivity contribution is 6.32. The van der Waals surface area contributed by atoms with Crippen LogP contribution >= 0.6 is 0 Å². The molecule has 9 heteroatoms. The number of hydrogen-bond acceptors (Lipinski definition) is 6. The van der Waals surface area contributed by atoms with Crippen molar-refractivity contribution in [1.82, 2.24) is 20.2 Å². The highest BCUT2D eigenvalue weighted by Crippen LogP contribution is 2.36. The van der Waals surface area contributed by atoms with Gasteiger partial charge in [-0.05, 0) is 24.6 Å². The van der Waals surface area contributed by atoms with Gasteiger partial charge in [0, 0.05) is 5.69 Å². The summed E-state index contributed by atoms with van der Waals surface area (Å²) in [6.07, 6.45) is 1.43. The van der Waals surface area contributed by atoms with Gasteiger partial charge in [-0.1, -0.05) is 22.7 Å². The minimum Gasteiger partial charge on any atom is -0.403 e. The number of anilines is 3. The van der Waals surface area contributed by atoms with Gasteiger partial charge in [0.2, 0.25) is 0 Å². The summed E-state index contributed by atoms with van der Waals surface area (Å²) in [7, 11) is 2.00. The molecule has 2 aromatic carbocycles. The first-order chi connectivity index (χ1) is 12.0. The molecule has 0 amide bonds. The summed E-state index contributed by atoms with van der Waals surface area (Å²) >= 11 is 0. The molecule has 4 rings (SSSR count). The Labute approximate surface area is 142 Å². The van der Waals surface area contributed by atoms with Crippen molar-refractivity contribution in [3.63, 3.8) is 0 Å². The molecule has 4 aromatic rings. The maximum Gasteiger partial charge on any atom is 0.313 e. The summed E-state index contributed by atoms with van der Waals surface area (Å²) in [5.74, 6) is -0.384. The highest BCUT2D eigenvalue weighted by Gasteiger charge is 2.21. The lowest BCUT2D eigenvalue weighted by Gasteiger charge is -2.14. The Morgan fingerprint density at radius 2 is 2.12 bits per heavy atom. The van der Waals surface area contributed by atoms with Crippen LogP contribution in [0.1, 0.15) is 5.56 Å². The number of H-pyrrole nitrogens is 1. The van der Waals surface area contributed by atoms with Crippen LogP contribution in [0.3, 0.4) is 0 Å². The van der Waals surface area contributed by atoms with Gasteiger partial charge in [0.1, 0.15) is 13.4 Å². The van der Waals surface area contributed by atoms with E-state index >= 15 is 4.39 Å². The molecule has 0 saturated heterocycles. The van der Waals surface area contributed by atoms with Gasteiger partial charge in [0.15, 0.2) is 5.82 Å². The standard InChI is InChI=1S/C16H14BFN6O/c1-7-4-8(17)2-3-10(7)22-13-9(15-23-24-16(19)25-15)5-11-14(12(13)18)21-6-20-11/h2-6,22H,17H2,1H3,(H2,19,24)(H,20,21). The molecule has 4 N–H and O–H groups in total. The normalized spacial score (nSPS) is 11.1. The Balaban J connectivity index is 1.92. The number of fused-ring (bicyclic) bond motifs is 1. The van der Waals surface area contributed by atoms with Crippen LogP contribution in [0, 0.1) is 12.7 Å². The molecule has 0 fully saturated rings.